The van der Waals surface area contributed by atoms with Crippen LogP contribution in [0.25, 0.3) is 22.1 Å². The predicted octanol–water partition coefficient (Wildman–Crippen LogP) is 4.42. The maximum Gasteiger partial charge on any atom is 0.230 e. The Balaban J connectivity index is 1.59. The highest BCUT2D eigenvalue weighted by Crippen LogP contribution is 2.28. The highest BCUT2D eigenvalue weighted by atomic mass is 32.2. The summed E-state index contributed by atoms with van der Waals surface area (Å²) in [5.74, 6) is 0.483. The highest BCUT2D eigenvalue weighted by molar-refractivity contribution is 7.99. The van der Waals surface area contributed by atoms with Crippen LogP contribution in [-0.2, 0) is 11.3 Å². The Morgan fingerprint density at radius 2 is 1.90 bits per heavy atom. The molecule has 2 aromatic heterocycles. The van der Waals surface area contributed by atoms with E-state index in [2.05, 4.69) is 33.9 Å². The van der Waals surface area contributed by atoms with E-state index in [-0.39, 0.29) is 17.5 Å². The molecular weight excluding hydrogens is 413 g/mol. The predicted molar refractivity (Wildman–Crippen MR) is 122 cm³/mol. The maximum atomic E-state index is 13.3. The second-order valence-electron chi connectivity index (χ2n) is 7.82. The number of rotatable bonds is 8. The molecule has 4 rings (SSSR count). The van der Waals surface area contributed by atoms with Gasteiger partial charge in [0.05, 0.1) is 11.3 Å². The standard InChI is InChI=1S/C23H24FN5OS/c1-15(2)11-12-25-20(30)14-31-23-26-22-21(27-28-23)18-5-3-4-6-19(18)29(22)13-16-7-9-17(24)10-8-16/h3-10,15H,11-14H2,1-2H3,(H,25,30). The number of para-hydroxylation sites is 1. The van der Waals surface area contributed by atoms with Crippen molar-refractivity contribution < 1.29 is 9.18 Å². The second-order valence-corrected chi connectivity index (χ2v) is 8.76. The molecule has 0 radical (unpaired) electrons. The smallest absolute Gasteiger partial charge is 0.230 e. The average Bonchev–Trinajstić information content (AvgIpc) is 3.07. The molecule has 0 atom stereocenters. The van der Waals surface area contributed by atoms with E-state index >= 15 is 0 Å². The molecule has 6 nitrogen and oxygen atoms in total. The van der Waals surface area contributed by atoms with Crippen molar-refractivity contribution in [1.29, 1.82) is 0 Å². The van der Waals surface area contributed by atoms with E-state index in [1.165, 1.54) is 23.9 Å². The van der Waals surface area contributed by atoms with Gasteiger partial charge in [-0.25, -0.2) is 9.37 Å². The fraction of sp³-hybridized carbons (Fsp3) is 0.304. The number of nitrogens with one attached hydrogen (secondary N) is 1. The van der Waals surface area contributed by atoms with Crippen molar-refractivity contribution >= 4 is 39.7 Å². The first kappa shape index (κ1) is 21.2. The summed E-state index contributed by atoms with van der Waals surface area (Å²) in [6, 6.07) is 14.4. The minimum Gasteiger partial charge on any atom is -0.355 e. The van der Waals surface area contributed by atoms with Crippen LogP contribution in [0.15, 0.2) is 53.7 Å². The monoisotopic (exact) mass is 437 g/mol. The molecule has 0 saturated carbocycles. The van der Waals surface area contributed by atoms with Gasteiger partial charge in [0.25, 0.3) is 0 Å². The number of halogens is 1. The van der Waals surface area contributed by atoms with Gasteiger partial charge in [0.1, 0.15) is 11.3 Å². The van der Waals surface area contributed by atoms with Crippen LogP contribution in [-0.4, -0.2) is 38.0 Å². The molecule has 0 fully saturated rings. The molecular formula is C23H24FN5OS. The zero-order valence-electron chi connectivity index (χ0n) is 17.5. The zero-order valence-corrected chi connectivity index (χ0v) is 18.3. The first-order chi connectivity index (χ1) is 15.0. The molecule has 2 heterocycles. The molecule has 1 amide bonds. The van der Waals surface area contributed by atoms with Crippen LogP contribution in [0.1, 0.15) is 25.8 Å². The number of aromatic nitrogens is 4. The van der Waals surface area contributed by atoms with Gasteiger partial charge in [-0.1, -0.05) is 55.9 Å². The molecule has 160 valence electrons. The van der Waals surface area contributed by atoms with Crippen molar-refractivity contribution in [3.63, 3.8) is 0 Å². The van der Waals surface area contributed by atoms with Crippen molar-refractivity contribution in [2.45, 2.75) is 32.0 Å². The number of amides is 1. The van der Waals surface area contributed by atoms with Crippen LogP contribution in [0.4, 0.5) is 4.39 Å². The number of hydrogen-bond donors (Lipinski definition) is 1. The fourth-order valence-electron chi connectivity index (χ4n) is 3.36. The summed E-state index contributed by atoms with van der Waals surface area (Å²) in [6.45, 7) is 5.45. The number of nitrogens with zero attached hydrogens (tertiary/aromatic N) is 4. The van der Waals surface area contributed by atoms with Crippen molar-refractivity contribution in [3.05, 3.63) is 59.9 Å². The van der Waals surface area contributed by atoms with Gasteiger partial charge < -0.3 is 9.88 Å². The van der Waals surface area contributed by atoms with Crippen molar-refractivity contribution in [2.24, 2.45) is 5.92 Å². The molecule has 0 unspecified atom stereocenters. The summed E-state index contributed by atoms with van der Waals surface area (Å²) in [6.07, 6.45) is 0.948. The van der Waals surface area contributed by atoms with E-state index in [1.54, 1.807) is 12.1 Å². The molecule has 2 aromatic carbocycles. The third-order valence-electron chi connectivity index (χ3n) is 4.98. The van der Waals surface area contributed by atoms with Crippen LogP contribution in [0.5, 0.6) is 0 Å². The van der Waals surface area contributed by atoms with Gasteiger partial charge in [0.2, 0.25) is 11.1 Å². The van der Waals surface area contributed by atoms with E-state index < -0.39 is 0 Å². The van der Waals surface area contributed by atoms with Gasteiger partial charge in [-0.15, -0.1) is 10.2 Å². The number of carbonyl (C=O) groups excluding carboxylic acids is 1. The lowest BCUT2D eigenvalue weighted by Gasteiger charge is -2.08. The van der Waals surface area contributed by atoms with Crippen LogP contribution in [0.2, 0.25) is 0 Å². The maximum absolute atomic E-state index is 13.3. The van der Waals surface area contributed by atoms with Crippen LogP contribution in [0.3, 0.4) is 0 Å². The minimum absolute atomic E-state index is 0.0406. The second kappa shape index (κ2) is 9.43. The third kappa shape index (κ3) is 5.02. The lowest BCUT2D eigenvalue weighted by molar-refractivity contribution is -0.118. The molecule has 4 aromatic rings. The first-order valence-corrected chi connectivity index (χ1v) is 11.3. The van der Waals surface area contributed by atoms with Gasteiger partial charge >= 0.3 is 0 Å². The van der Waals surface area contributed by atoms with Gasteiger partial charge in [-0.05, 0) is 36.1 Å². The SMILES string of the molecule is CC(C)CCNC(=O)CSc1nnc2c3ccccc3n(Cc3ccc(F)cc3)c2n1. The molecule has 0 bridgehead atoms. The van der Waals surface area contributed by atoms with Gasteiger partial charge in [-0.2, -0.15) is 0 Å². The zero-order chi connectivity index (χ0) is 21.8. The van der Waals surface area contributed by atoms with Gasteiger partial charge in [0.15, 0.2) is 5.65 Å². The third-order valence-corrected chi connectivity index (χ3v) is 5.82. The normalized spacial score (nSPS) is 11.5. The van der Waals surface area contributed by atoms with Crippen LogP contribution in [0, 0.1) is 11.7 Å². The van der Waals surface area contributed by atoms with E-state index in [0.29, 0.717) is 35.3 Å². The summed E-state index contributed by atoms with van der Waals surface area (Å²) in [7, 11) is 0. The van der Waals surface area contributed by atoms with Crippen LogP contribution >= 0.6 is 11.8 Å². The van der Waals surface area contributed by atoms with Crippen LogP contribution < -0.4 is 5.32 Å². The Morgan fingerprint density at radius 1 is 1.13 bits per heavy atom. The Hall–Kier alpha value is -3.00. The number of benzene rings is 2. The van der Waals surface area contributed by atoms with Gasteiger partial charge in [-0.3, -0.25) is 4.79 Å². The molecule has 0 aliphatic rings. The van der Waals surface area contributed by atoms with Crippen molar-refractivity contribution in [2.75, 3.05) is 12.3 Å². The summed E-state index contributed by atoms with van der Waals surface area (Å²) >= 11 is 1.27. The van der Waals surface area contributed by atoms with E-state index in [4.69, 9.17) is 4.98 Å². The average molecular weight is 438 g/mol. The number of carbonyl (C=O) groups is 1. The molecule has 31 heavy (non-hydrogen) atoms. The van der Waals surface area contributed by atoms with Crippen molar-refractivity contribution in [1.82, 2.24) is 25.1 Å². The van der Waals surface area contributed by atoms with E-state index in [0.717, 1.165) is 22.9 Å². The molecule has 0 aliphatic carbocycles. The molecule has 0 spiro atoms. The van der Waals surface area contributed by atoms with Crippen molar-refractivity contribution in [3.8, 4) is 0 Å². The molecule has 0 saturated heterocycles. The summed E-state index contributed by atoms with van der Waals surface area (Å²) in [4.78, 5) is 16.8. The van der Waals surface area contributed by atoms with E-state index in [9.17, 15) is 9.18 Å². The first-order valence-electron chi connectivity index (χ1n) is 10.3. The largest absolute Gasteiger partial charge is 0.355 e. The topological polar surface area (TPSA) is 72.7 Å². The molecule has 1 N–H and O–H groups in total. The Labute approximate surface area is 184 Å². The van der Waals surface area contributed by atoms with E-state index in [1.807, 2.05) is 24.3 Å². The lowest BCUT2D eigenvalue weighted by atomic mass is 10.1. The Bertz CT molecular complexity index is 1210. The summed E-state index contributed by atoms with van der Waals surface area (Å²) in [5.41, 5.74) is 3.35. The lowest BCUT2D eigenvalue weighted by Crippen LogP contribution is -2.27. The Kier molecular flexibility index (Phi) is 6.46. The minimum atomic E-state index is -0.264. The number of fused-ring (bicyclic) bond motifs is 3. The quantitative estimate of drug-likeness (QED) is 0.413. The summed E-state index contributed by atoms with van der Waals surface area (Å²) in [5, 5.41) is 13.0. The number of hydrogen-bond acceptors (Lipinski definition) is 5. The molecule has 0 aliphatic heterocycles. The summed E-state index contributed by atoms with van der Waals surface area (Å²) < 4.78 is 15.4. The highest BCUT2D eigenvalue weighted by Gasteiger charge is 2.16. The molecule has 8 heteroatoms. The van der Waals surface area contributed by atoms with Gasteiger partial charge in [0, 0.05) is 18.5 Å². The fourth-order valence-corrected chi connectivity index (χ4v) is 3.98. The Morgan fingerprint density at radius 3 is 2.68 bits per heavy atom. The number of thioether (sulfide) groups is 1.